The Morgan fingerprint density at radius 1 is 1.61 bits per heavy atom. The molecule has 1 amide bonds. The van der Waals surface area contributed by atoms with E-state index in [1.165, 1.54) is 6.42 Å². The fourth-order valence-electron chi connectivity index (χ4n) is 2.39. The normalized spacial score (nSPS) is 26.7. The van der Waals surface area contributed by atoms with Crippen LogP contribution in [-0.2, 0) is 4.79 Å². The van der Waals surface area contributed by atoms with E-state index in [2.05, 4.69) is 16.7 Å². The maximum atomic E-state index is 12.0. The topological polar surface area (TPSA) is 87.7 Å². The first-order valence-electron chi connectivity index (χ1n) is 6.42. The van der Waals surface area contributed by atoms with Crippen molar-refractivity contribution < 1.29 is 10.0 Å². The molecule has 3 unspecified atom stereocenters. The van der Waals surface area contributed by atoms with E-state index in [9.17, 15) is 4.79 Å². The predicted octanol–water partition coefficient (Wildman–Crippen LogP) is 1.55. The molecule has 0 bridgehead atoms. The van der Waals surface area contributed by atoms with Gasteiger partial charge in [-0.2, -0.15) is 11.8 Å². The highest BCUT2D eigenvalue weighted by atomic mass is 32.2. The minimum absolute atomic E-state index is 0.00720. The molecule has 1 aliphatic rings. The summed E-state index contributed by atoms with van der Waals surface area (Å²) in [6, 6.07) is 0.226. The van der Waals surface area contributed by atoms with Crippen LogP contribution in [0, 0.1) is 5.92 Å². The molecule has 3 atom stereocenters. The average Bonchev–Trinajstić information content (AvgIpc) is 2.39. The van der Waals surface area contributed by atoms with Crippen molar-refractivity contribution in [2.45, 2.75) is 50.3 Å². The first-order valence-corrected chi connectivity index (χ1v) is 7.71. The molecule has 104 valence electrons. The summed E-state index contributed by atoms with van der Waals surface area (Å²) in [5, 5.41) is 15.2. The van der Waals surface area contributed by atoms with Crippen molar-refractivity contribution in [3.8, 4) is 0 Å². The number of carbonyl (C=O) groups is 1. The van der Waals surface area contributed by atoms with E-state index in [0.717, 1.165) is 19.3 Å². The Balaban J connectivity index is 2.52. The molecule has 0 aromatic heterocycles. The van der Waals surface area contributed by atoms with E-state index in [1.807, 2.05) is 18.7 Å². The van der Waals surface area contributed by atoms with Crippen LogP contribution in [0.25, 0.3) is 0 Å². The van der Waals surface area contributed by atoms with Crippen LogP contribution in [0.2, 0.25) is 0 Å². The Labute approximate surface area is 113 Å². The smallest absolute Gasteiger partial charge is 0.231 e. The van der Waals surface area contributed by atoms with Crippen LogP contribution in [0.5, 0.6) is 0 Å². The highest BCUT2D eigenvalue weighted by molar-refractivity contribution is 7.99. The summed E-state index contributed by atoms with van der Waals surface area (Å²) in [4.78, 5) is 12.0. The molecule has 1 rings (SSSR count). The van der Waals surface area contributed by atoms with Crippen molar-refractivity contribution in [1.82, 2.24) is 5.32 Å². The van der Waals surface area contributed by atoms with Crippen molar-refractivity contribution in [3.63, 3.8) is 0 Å². The number of nitrogens with one attached hydrogen (secondary N) is 1. The summed E-state index contributed by atoms with van der Waals surface area (Å²) in [7, 11) is 0. The molecule has 6 heteroatoms. The van der Waals surface area contributed by atoms with Gasteiger partial charge in [0.1, 0.15) is 0 Å². The van der Waals surface area contributed by atoms with Gasteiger partial charge in [0, 0.05) is 11.3 Å². The van der Waals surface area contributed by atoms with Gasteiger partial charge in [-0.1, -0.05) is 18.5 Å². The van der Waals surface area contributed by atoms with E-state index in [0.29, 0.717) is 11.7 Å². The number of amidine groups is 1. The number of rotatable bonds is 5. The van der Waals surface area contributed by atoms with E-state index in [-0.39, 0.29) is 17.8 Å². The molecule has 1 fully saturated rings. The van der Waals surface area contributed by atoms with E-state index >= 15 is 0 Å². The molecule has 4 N–H and O–H groups in total. The number of amides is 1. The first kappa shape index (κ1) is 15.1. The number of oxime groups is 1. The Morgan fingerprint density at radius 3 is 2.89 bits per heavy atom. The lowest BCUT2D eigenvalue weighted by Crippen LogP contribution is -2.45. The van der Waals surface area contributed by atoms with Crippen LogP contribution in [0.4, 0.5) is 0 Å². The van der Waals surface area contributed by atoms with Gasteiger partial charge in [-0.3, -0.25) is 4.79 Å². The maximum absolute atomic E-state index is 12.0. The fraction of sp³-hybridized carbons (Fsp3) is 0.833. The number of hydrogen-bond acceptors (Lipinski definition) is 4. The molecule has 5 nitrogen and oxygen atoms in total. The van der Waals surface area contributed by atoms with Gasteiger partial charge >= 0.3 is 0 Å². The van der Waals surface area contributed by atoms with Crippen LogP contribution in [-0.4, -0.2) is 34.5 Å². The Bertz CT molecular complexity index is 310. The number of carbonyl (C=O) groups excluding carboxylic acids is 1. The van der Waals surface area contributed by atoms with Gasteiger partial charge in [0.2, 0.25) is 5.91 Å². The van der Waals surface area contributed by atoms with Gasteiger partial charge in [0.15, 0.2) is 5.84 Å². The monoisotopic (exact) mass is 273 g/mol. The largest absolute Gasteiger partial charge is 0.409 e. The maximum Gasteiger partial charge on any atom is 0.231 e. The number of nitrogens with two attached hydrogens (primary N) is 1. The third kappa shape index (κ3) is 4.08. The molecule has 0 aliphatic heterocycles. The van der Waals surface area contributed by atoms with Gasteiger partial charge in [-0.15, -0.1) is 0 Å². The molecule has 1 aliphatic carbocycles. The molecular formula is C12H23N3O2S. The summed E-state index contributed by atoms with van der Waals surface area (Å²) in [6.07, 6.45) is 7.07. The average molecular weight is 273 g/mol. The van der Waals surface area contributed by atoms with E-state index < -0.39 is 5.92 Å². The summed E-state index contributed by atoms with van der Waals surface area (Å²) < 4.78 is 0. The zero-order valence-corrected chi connectivity index (χ0v) is 11.9. The fourth-order valence-corrected chi connectivity index (χ4v) is 3.22. The summed E-state index contributed by atoms with van der Waals surface area (Å²) >= 11 is 1.86. The van der Waals surface area contributed by atoms with Crippen LogP contribution in [0.15, 0.2) is 5.16 Å². The van der Waals surface area contributed by atoms with Gasteiger partial charge in [-0.25, -0.2) is 0 Å². The zero-order chi connectivity index (χ0) is 13.5. The second-order valence-corrected chi connectivity index (χ2v) is 5.85. The second kappa shape index (κ2) is 7.51. The standard InChI is InChI=1S/C12H23N3O2S/c1-3-10(11(13)15-17)12(16)14-8-5-4-6-9(7-8)18-2/h8-10,17H,3-7H2,1-2H3,(H2,13,15)(H,14,16). The molecule has 1 saturated carbocycles. The third-order valence-corrected chi connectivity index (χ3v) is 4.60. The van der Waals surface area contributed by atoms with Crippen LogP contribution in [0.1, 0.15) is 39.0 Å². The number of nitrogens with zero attached hydrogens (tertiary/aromatic N) is 1. The Hall–Kier alpha value is -0.910. The Morgan fingerprint density at radius 2 is 2.33 bits per heavy atom. The van der Waals surface area contributed by atoms with E-state index in [4.69, 9.17) is 10.9 Å². The summed E-state index contributed by atoms with van der Waals surface area (Å²) in [5.74, 6) is -0.656. The van der Waals surface area contributed by atoms with Gasteiger partial charge in [0.05, 0.1) is 5.92 Å². The van der Waals surface area contributed by atoms with Crippen molar-refractivity contribution >= 4 is 23.5 Å². The first-order chi connectivity index (χ1) is 8.62. The van der Waals surface area contributed by atoms with Crippen LogP contribution in [0.3, 0.4) is 0 Å². The molecule has 0 aromatic rings. The third-order valence-electron chi connectivity index (χ3n) is 3.50. The highest BCUT2D eigenvalue weighted by Gasteiger charge is 2.27. The highest BCUT2D eigenvalue weighted by Crippen LogP contribution is 2.27. The second-order valence-electron chi connectivity index (χ2n) is 4.72. The van der Waals surface area contributed by atoms with Crippen LogP contribution >= 0.6 is 11.8 Å². The molecule has 18 heavy (non-hydrogen) atoms. The SMILES string of the molecule is CCC(C(=O)NC1CCCC(SC)C1)C(N)=NO. The molecule has 0 radical (unpaired) electrons. The van der Waals surface area contributed by atoms with Gasteiger partial charge in [-0.05, 0) is 31.9 Å². The lowest BCUT2D eigenvalue weighted by atomic mass is 9.94. The van der Waals surface area contributed by atoms with Gasteiger partial charge < -0.3 is 16.3 Å². The molecular weight excluding hydrogens is 250 g/mol. The molecule has 0 spiro atoms. The van der Waals surface area contributed by atoms with E-state index in [1.54, 1.807) is 0 Å². The van der Waals surface area contributed by atoms with Crippen molar-refractivity contribution in [3.05, 3.63) is 0 Å². The number of hydrogen-bond donors (Lipinski definition) is 3. The van der Waals surface area contributed by atoms with Gasteiger partial charge in [0.25, 0.3) is 0 Å². The van der Waals surface area contributed by atoms with Crippen molar-refractivity contribution in [2.24, 2.45) is 16.8 Å². The Kier molecular flexibility index (Phi) is 6.32. The predicted molar refractivity (Wildman–Crippen MR) is 74.9 cm³/mol. The quantitative estimate of drug-likeness (QED) is 0.307. The number of thioether (sulfide) groups is 1. The molecule has 0 aromatic carbocycles. The molecule has 0 saturated heterocycles. The summed E-state index contributed by atoms with van der Waals surface area (Å²) in [5.41, 5.74) is 5.52. The lowest BCUT2D eigenvalue weighted by Gasteiger charge is -2.29. The van der Waals surface area contributed by atoms with Crippen molar-refractivity contribution in [2.75, 3.05) is 6.26 Å². The minimum atomic E-state index is -0.523. The summed E-state index contributed by atoms with van der Waals surface area (Å²) in [6.45, 7) is 1.86. The minimum Gasteiger partial charge on any atom is -0.409 e. The van der Waals surface area contributed by atoms with Crippen LogP contribution < -0.4 is 11.1 Å². The zero-order valence-electron chi connectivity index (χ0n) is 11.1. The molecule has 0 heterocycles. The van der Waals surface area contributed by atoms with Crippen molar-refractivity contribution in [1.29, 1.82) is 0 Å². The lowest BCUT2D eigenvalue weighted by molar-refractivity contribution is -0.124.